The van der Waals surface area contributed by atoms with Crippen LogP contribution in [0.4, 0.5) is 0 Å². The van der Waals surface area contributed by atoms with E-state index in [0.29, 0.717) is 18.9 Å². The number of hydrogen-bond donors (Lipinski definition) is 1. The quantitative estimate of drug-likeness (QED) is 0.891. The van der Waals surface area contributed by atoms with Crippen LogP contribution in [0.2, 0.25) is 0 Å². The molecule has 1 unspecified atom stereocenters. The van der Waals surface area contributed by atoms with Gasteiger partial charge in [-0.15, -0.1) is 0 Å². The van der Waals surface area contributed by atoms with Crippen LogP contribution in [0.5, 0.6) is 0 Å². The number of aryl methyl sites for hydroxylation is 1. The average molecular weight is 332 g/mol. The van der Waals surface area contributed by atoms with Gasteiger partial charge in [0.15, 0.2) is 0 Å². The van der Waals surface area contributed by atoms with Crippen LogP contribution in [0.3, 0.4) is 0 Å². The highest BCUT2D eigenvalue weighted by Gasteiger charge is 2.43. The third-order valence-electron chi connectivity index (χ3n) is 5.65. The number of hydrogen-bond acceptors (Lipinski definition) is 3. The van der Waals surface area contributed by atoms with E-state index in [1.54, 1.807) is 10.9 Å². The fourth-order valence-corrected chi connectivity index (χ4v) is 4.20. The van der Waals surface area contributed by atoms with Crippen LogP contribution in [0.15, 0.2) is 12.4 Å². The highest BCUT2D eigenvalue weighted by molar-refractivity contribution is 5.83. The highest BCUT2D eigenvalue weighted by Crippen LogP contribution is 2.43. The number of carbonyl (C=O) groups is 2. The normalized spacial score (nSPS) is 22.8. The summed E-state index contributed by atoms with van der Waals surface area (Å²) >= 11 is 0. The van der Waals surface area contributed by atoms with Gasteiger partial charge in [0.1, 0.15) is 0 Å². The van der Waals surface area contributed by atoms with E-state index in [2.05, 4.69) is 17.3 Å². The van der Waals surface area contributed by atoms with Gasteiger partial charge in [-0.05, 0) is 31.2 Å². The Hall–Kier alpha value is -1.85. The molecule has 24 heavy (non-hydrogen) atoms. The van der Waals surface area contributed by atoms with Crippen molar-refractivity contribution >= 4 is 11.8 Å². The molecule has 0 bridgehead atoms. The molecule has 6 heteroatoms. The first kappa shape index (κ1) is 17.0. The number of nitrogens with zero attached hydrogens (tertiary/aromatic N) is 3. The maximum Gasteiger partial charge on any atom is 0.228 e. The Balaban J connectivity index is 1.51. The SMILES string of the molecule is CCC1(C(=O)N2CCC(NC(=O)Cc3cnn(C)c3)C2)CCCC1. The molecule has 1 atom stereocenters. The molecule has 1 aliphatic carbocycles. The lowest BCUT2D eigenvalue weighted by atomic mass is 9.82. The standard InChI is InChI=1S/C18H28N4O2/c1-3-18(7-4-5-8-18)17(24)22-9-6-15(13-22)20-16(23)10-14-11-19-21(2)12-14/h11-12,15H,3-10,13H2,1-2H3,(H,20,23). The smallest absolute Gasteiger partial charge is 0.228 e. The Morgan fingerprint density at radius 2 is 2.12 bits per heavy atom. The predicted molar refractivity (Wildman–Crippen MR) is 91.2 cm³/mol. The summed E-state index contributed by atoms with van der Waals surface area (Å²) in [5, 5.41) is 7.15. The average Bonchev–Trinajstić information content (AvgIpc) is 3.28. The Morgan fingerprint density at radius 3 is 2.75 bits per heavy atom. The molecule has 2 fully saturated rings. The summed E-state index contributed by atoms with van der Waals surface area (Å²) in [6, 6.07) is 0.0773. The monoisotopic (exact) mass is 332 g/mol. The van der Waals surface area contributed by atoms with Crippen LogP contribution in [-0.4, -0.2) is 45.6 Å². The summed E-state index contributed by atoms with van der Waals surface area (Å²) in [7, 11) is 1.84. The minimum absolute atomic E-state index is 0.00775. The summed E-state index contributed by atoms with van der Waals surface area (Å²) < 4.78 is 1.70. The first-order chi connectivity index (χ1) is 11.5. The lowest BCUT2D eigenvalue weighted by Crippen LogP contribution is -2.44. The zero-order valence-corrected chi connectivity index (χ0v) is 14.8. The van der Waals surface area contributed by atoms with Crippen LogP contribution in [-0.2, 0) is 23.1 Å². The third-order valence-corrected chi connectivity index (χ3v) is 5.65. The summed E-state index contributed by atoms with van der Waals surface area (Å²) in [6.45, 7) is 3.55. The van der Waals surface area contributed by atoms with E-state index >= 15 is 0 Å². The van der Waals surface area contributed by atoms with E-state index in [0.717, 1.165) is 37.8 Å². The van der Waals surface area contributed by atoms with Gasteiger partial charge in [0, 0.05) is 37.8 Å². The zero-order valence-electron chi connectivity index (χ0n) is 14.8. The number of amides is 2. The van der Waals surface area contributed by atoms with Crippen molar-refractivity contribution < 1.29 is 9.59 Å². The molecule has 0 radical (unpaired) electrons. The van der Waals surface area contributed by atoms with E-state index in [4.69, 9.17) is 0 Å². The van der Waals surface area contributed by atoms with Crippen LogP contribution in [0, 0.1) is 5.41 Å². The van der Waals surface area contributed by atoms with E-state index in [9.17, 15) is 9.59 Å². The second-order valence-corrected chi connectivity index (χ2v) is 7.34. The molecule has 0 spiro atoms. The van der Waals surface area contributed by atoms with Crippen LogP contribution >= 0.6 is 0 Å². The molecule has 2 heterocycles. The van der Waals surface area contributed by atoms with Crippen molar-refractivity contribution in [3.8, 4) is 0 Å². The molecule has 1 aliphatic heterocycles. The minimum Gasteiger partial charge on any atom is -0.351 e. The molecule has 3 rings (SSSR count). The van der Waals surface area contributed by atoms with Crippen LogP contribution < -0.4 is 5.32 Å². The number of nitrogens with one attached hydrogen (secondary N) is 1. The van der Waals surface area contributed by atoms with Crippen molar-refractivity contribution in [2.24, 2.45) is 12.5 Å². The third kappa shape index (κ3) is 3.47. The van der Waals surface area contributed by atoms with Crippen molar-refractivity contribution in [3.63, 3.8) is 0 Å². The van der Waals surface area contributed by atoms with Crippen LogP contribution in [0.25, 0.3) is 0 Å². The predicted octanol–water partition coefficient (Wildman–Crippen LogP) is 1.65. The molecule has 0 aromatic carbocycles. The Morgan fingerprint density at radius 1 is 1.38 bits per heavy atom. The van der Waals surface area contributed by atoms with E-state index < -0.39 is 0 Å². The highest BCUT2D eigenvalue weighted by atomic mass is 16.2. The van der Waals surface area contributed by atoms with Crippen LogP contribution in [0.1, 0.15) is 51.0 Å². The molecular formula is C18H28N4O2. The molecule has 1 N–H and O–H groups in total. The van der Waals surface area contributed by atoms with Gasteiger partial charge in [0.25, 0.3) is 0 Å². The van der Waals surface area contributed by atoms with Gasteiger partial charge in [-0.1, -0.05) is 19.8 Å². The number of rotatable bonds is 5. The number of carbonyl (C=O) groups excluding carboxylic acids is 2. The fraction of sp³-hybridized carbons (Fsp3) is 0.722. The molecule has 1 saturated carbocycles. The van der Waals surface area contributed by atoms with Crippen molar-refractivity contribution in [1.29, 1.82) is 0 Å². The van der Waals surface area contributed by atoms with Gasteiger partial charge in [0.05, 0.1) is 12.6 Å². The van der Waals surface area contributed by atoms with E-state index in [1.165, 1.54) is 12.8 Å². The lowest BCUT2D eigenvalue weighted by molar-refractivity contribution is -0.141. The fourth-order valence-electron chi connectivity index (χ4n) is 4.20. The Labute approximate surface area is 143 Å². The van der Waals surface area contributed by atoms with Gasteiger partial charge < -0.3 is 10.2 Å². The molecule has 6 nitrogen and oxygen atoms in total. The molecule has 132 valence electrons. The van der Waals surface area contributed by atoms with Crippen molar-refractivity contribution in [2.75, 3.05) is 13.1 Å². The summed E-state index contributed by atoms with van der Waals surface area (Å²) in [6.07, 6.45) is 10.1. The van der Waals surface area contributed by atoms with E-state index in [1.807, 2.05) is 18.1 Å². The molecular weight excluding hydrogens is 304 g/mol. The summed E-state index contributed by atoms with van der Waals surface area (Å²) in [5.41, 5.74) is 0.783. The zero-order chi connectivity index (χ0) is 17.2. The topological polar surface area (TPSA) is 67.2 Å². The second kappa shape index (κ2) is 6.95. The van der Waals surface area contributed by atoms with Gasteiger partial charge in [0.2, 0.25) is 11.8 Å². The van der Waals surface area contributed by atoms with Gasteiger partial charge >= 0.3 is 0 Å². The Kier molecular flexibility index (Phi) is 4.92. The first-order valence-corrected chi connectivity index (χ1v) is 9.09. The van der Waals surface area contributed by atoms with E-state index in [-0.39, 0.29) is 17.4 Å². The molecule has 2 amide bonds. The summed E-state index contributed by atoms with van der Waals surface area (Å²) in [5.74, 6) is 0.319. The largest absolute Gasteiger partial charge is 0.351 e. The number of aromatic nitrogens is 2. The molecule has 1 saturated heterocycles. The van der Waals surface area contributed by atoms with Crippen molar-refractivity contribution in [3.05, 3.63) is 18.0 Å². The van der Waals surface area contributed by atoms with Gasteiger partial charge in [-0.2, -0.15) is 5.10 Å². The minimum atomic E-state index is -0.130. The van der Waals surface area contributed by atoms with Gasteiger partial charge in [-0.3, -0.25) is 14.3 Å². The second-order valence-electron chi connectivity index (χ2n) is 7.34. The lowest BCUT2D eigenvalue weighted by Gasteiger charge is -2.31. The molecule has 1 aromatic heterocycles. The van der Waals surface area contributed by atoms with Gasteiger partial charge in [-0.25, -0.2) is 0 Å². The molecule has 1 aromatic rings. The maximum atomic E-state index is 12.9. The molecule has 2 aliphatic rings. The van der Waals surface area contributed by atoms with Crippen molar-refractivity contribution in [1.82, 2.24) is 20.0 Å². The maximum absolute atomic E-state index is 12.9. The Bertz CT molecular complexity index is 604. The first-order valence-electron chi connectivity index (χ1n) is 9.09. The summed E-state index contributed by atoms with van der Waals surface area (Å²) in [4.78, 5) is 27.1. The number of likely N-dealkylation sites (tertiary alicyclic amines) is 1. The van der Waals surface area contributed by atoms with Crippen molar-refractivity contribution in [2.45, 2.75) is 57.9 Å².